The number of aromatic hydroxyl groups is 1. The summed E-state index contributed by atoms with van der Waals surface area (Å²) < 4.78 is 0. The molecular formula is C16H17NO4. The number of fused-ring (bicyclic) bond motifs is 1. The van der Waals surface area contributed by atoms with E-state index in [-0.39, 0.29) is 17.2 Å². The summed E-state index contributed by atoms with van der Waals surface area (Å²) in [5, 5.41) is 22.7. The number of carboxylic acid groups (broad SMARTS) is 1. The summed E-state index contributed by atoms with van der Waals surface area (Å²) in [6.45, 7) is 2.66. The number of carbonyl (C=O) groups excluding carboxylic acids is 1. The lowest BCUT2D eigenvalue weighted by molar-refractivity contribution is 0.0693. The number of nitrogens with one attached hydrogen (secondary N) is 1. The Bertz CT molecular complexity index is 694. The van der Waals surface area contributed by atoms with Crippen molar-refractivity contribution in [2.24, 2.45) is 0 Å². The molecule has 21 heavy (non-hydrogen) atoms. The highest BCUT2D eigenvalue weighted by atomic mass is 16.4. The average Bonchev–Trinajstić information content (AvgIpc) is 2.46. The van der Waals surface area contributed by atoms with E-state index in [1.54, 1.807) is 18.2 Å². The third-order valence-electron chi connectivity index (χ3n) is 3.26. The summed E-state index contributed by atoms with van der Waals surface area (Å²) in [7, 11) is 0. The van der Waals surface area contributed by atoms with Gasteiger partial charge in [-0.15, -0.1) is 0 Å². The number of amides is 1. The van der Waals surface area contributed by atoms with Crippen molar-refractivity contribution in [1.29, 1.82) is 0 Å². The zero-order valence-electron chi connectivity index (χ0n) is 11.7. The maximum Gasteiger partial charge on any atom is 0.339 e. The summed E-state index contributed by atoms with van der Waals surface area (Å²) in [6.07, 6.45) is 1.91. The summed E-state index contributed by atoms with van der Waals surface area (Å²) in [6, 6.07) is 7.73. The second-order valence-corrected chi connectivity index (χ2v) is 4.85. The molecule has 0 aliphatic heterocycles. The van der Waals surface area contributed by atoms with Crippen molar-refractivity contribution in [3.8, 4) is 5.75 Å². The second kappa shape index (κ2) is 6.26. The smallest absolute Gasteiger partial charge is 0.339 e. The molecule has 5 nitrogen and oxygen atoms in total. The van der Waals surface area contributed by atoms with Crippen molar-refractivity contribution in [2.45, 2.75) is 19.8 Å². The molecule has 0 atom stereocenters. The molecule has 0 aromatic heterocycles. The molecule has 0 radical (unpaired) electrons. The number of carbonyl (C=O) groups is 2. The Morgan fingerprint density at radius 3 is 2.57 bits per heavy atom. The Kier molecular flexibility index (Phi) is 4.42. The first-order chi connectivity index (χ1) is 10.0. The molecule has 0 heterocycles. The number of carboxylic acids is 1. The van der Waals surface area contributed by atoms with Gasteiger partial charge in [-0.25, -0.2) is 4.79 Å². The van der Waals surface area contributed by atoms with Crippen LogP contribution in [0.2, 0.25) is 0 Å². The SMILES string of the molecule is CCCCNC(=O)c1ccc2cc(O)c(C(=O)O)cc2c1. The summed E-state index contributed by atoms with van der Waals surface area (Å²) in [5.74, 6) is -1.67. The number of unbranched alkanes of at least 4 members (excludes halogenated alkanes) is 1. The Morgan fingerprint density at radius 1 is 1.14 bits per heavy atom. The lowest BCUT2D eigenvalue weighted by Crippen LogP contribution is -2.24. The fraction of sp³-hybridized carbons (Fsp3) is 0.250. The van der Waals surface area contributed by atoms with E-state index in [2.05, 4.69) is 5.32 Å². The molecule has 5 heteroatoms. The van der Waals surface area contributed by atoms with Crippen LogP contribution < -0.4 is 5.32 Å². The van der Waals surface area contributed by atoms with Crippen molar-refractivity contribution in [3.63, 3.8) is 0 Å². The number of benzene rings is 2. The predicted octanol–water partition coefficient (Wildman–Crippen LogP) is 2.77. The van der Waals surface area contributed by atoms with Crippen LogP contribution in [0, 0.1) is 0 Å². The summed E-state index contributed by atoms with van der Waals surface area (Å²) in [4.78, 5) is 23.0. The van der Waals surface area contributed by atoms with Crippen LogP contribution in [-0.2, 0) is 0 Å². The molecule has 0 aliphatic carbocycles. The molecule has 0 fully saturated rings. The first-order valence-corrected chi connectivity index (χ1v) is 6.81. The van der Waals surface area contributed by atoms with Crippen molar-refractivity contribution in [3.05, 3.63) is 41.5 Å². The quantitative estimate of drug-likeness (QED) is 0.738. The van der Waals surface area contributed by atoms with E-state index < -0.39 is 5.97 Å². The average molecular weight is 287 g/mol. The highest BCUT2D eigenvalue weighted by Gasteiger charge is 2.12. The van der Waals surface area contributed by atoms with Crippen LogP contribution in [0.25, 0.3) is 10.8 Å². The van der Waals surface area contributed by atoms with Crippen LogP contribution >= 0.6 is 0 Å². The van der Waals surface area contributed by atoms with E-state index in [0.717, 1.165) is 12.8 Å². The molecule has 0 spiro atoms. The number of hydrogen-bond donors (Lipinski definition) is 3. The minimum absolute atomic E-state index is 0.175. The molecule has 1 amide bonds. The van der Waals surface area contributed by atoms with Gasteiger partial charge in [0.2, 0.25) is 0 Å². The molecule has 2 aromatic rings. The third kappa shape index (κ3) is 3.31. The minimum Gasteiger partial charge on any atom is -0.507 e. The van der Waals surface area contributed by atoms with E-state index in [1.807, 2.05) is 6.92 Å². The number of aromatic carboxylic acids is 1. The number of hydrogen-bond acceptors (Lipinski definition) is 3. The Morgan fingerprint density at radius 2 is 1.90 bits per heavy atom. The minimum atomic E-state index is -1.20. The summed E-state index contributed by atoms with van der Waals surface area (Å²) >= 11 is 0. The third-order valence-corrected chi connectivity index (χ3v) is 3.26. The highest BCUT2D eigenvalue weighted by Crippen LogP contribution is 2.26. The van der Waals surface area contributed by atoms with E-state index in [4.69, 9.17) is 5.11 Å². The van der Waals surface area contributed by atoms with Crippen LogP contribution in [0.4, 0.5) is 0 Å². The van der Waals surface area contributed by atoms with Crippen LogP contribution in [0.1, 0.15) is 40.5 Å². The number of rotatable bonds is 5. The van der Waals surface area contributed by atoms with Crippen LogP contribution in [0.5, 0.6) is 5.75 Å². The van der Waals surface area contributed by atoms with E-state index in [9.17, 15) is 14.7 Å². The van der Waals surface area contributed by atoms with Gasteiger partial charge in [-0.05, 0) is 41.5 Å². The van der Waals surface area contributed by atoms with Gasteiger partial charge in [0, 0.05) is 12.1 Å². The largest absolute Gasteiger partial charge is 0.507 e. The fourth-order valence-corrected chi connectivity index (χ4v) is 2.08. The lowest BCUT2D eigenvalue weighted by atomic mass is 10.0. The molecule has 0 saturated carbocycles. The molecule has 0 saturated heterocycles. The Balaban J connectivity index is 2.34. The van der Waals surface area contributed by atoms with Gasteiger partial charge in [-0.2, -0.15) is 0 Å². The van der Waals surface area contributed by atoms with Gasteiger partial charge in [0.1, 0.15) is 11.3 Å². The second-order valence-electron chi connectivity index (χ2n) is 4.85. The molecular weight excluding hydrogens is 270 g/mol. The van der Waals surface area contributed by atoms with Gasteiger partial charge >= 0.3 is 5.97 Å². The van der Waals surface area contributed by atoms with E-state index >= 15 is 0 Å². The van der Waals surface area contributed by atoms with Gasteiger partial charge in [0.25, 0.3) is 5.91 Å². The molecule has 0 aliphatic rings. The van der Waals surface area contributed by atoms with Gasteiger partial charge in [-0.1, -0.05) is 19.4 Å². The first kappa shape index (κ1) is 14.8. The highest BCUT2D eigenvalue weighted by molar-refractivity contribution is 6.01. The normalized spacial score (nSPS) is 10.5. The standard InChI is InChI=1S/C16H17NO4/c1-2-3-6-17-15(19)11-5-4-10-9-14(18)13(16(20)21)8-12(10)7-11/h4-5,7-9,18H,2-3,6H2,1H3,(H,17,19)(H,20,21). The summed E-state index contributed by atoms with van der Waals surface area (Å²) in [5.41, 5.74) is 0.298. The molecule has 3 N–H and O–H groups in total. The van der Waals surface area contributed by atoms with Gasteiger partial charge in [0.05, 0.1) is 0 Å². The predicted molar refractivity (Wildman–Crippen MR) is 79.8 cm³/mol. The lowest BCUT2D eigenvalue weighted by Gasteiger charge is -2.07. The number of phenols is 1. The van der Waals surface area contributed by atoms with Crippen molar-refractivity contribution < 1.29 is 19.8 Å². The first-order valence-electron chi connectivity index (χ1n) is 6.81. The van der Waals surface area contributed by atoms with Gasteiger partial charge < -0.3 is 15.5 Å². The van der Waals surface area contributed by atoms with E-state index in [1.165, 1.54) is 12.1 Å². The van der Waals surface area contributed by atoms with Gasteiger partial charge in [0.15, 0.2) is 0 Å². The molecule has 2 aromatic carbocycles. The molecule has 2 rings (SSSR count). The van der Waals surface area contributed by atoms with Crippen LogP contribution in [0.15, 0.2) is 30.3 Å². The van der Waals surface area contributed by atoms with E-state index in [0.29, 0.717) is 22.9 Å². The zero-order valence-corrected chi connectivity index (χ0v) is 11.7. The molecule has 0 bridgehead atoms. The zero-order chi connectivity index (χ0) is 15.4. The van der Waals surface area contributed by atoms with Crippen molar-refractivity contribution in [1.82, 2.24) is 5.32 Å². The fourth-order valence-electron chi connectivity index (χ4n) is 2.08. The molecule has 0 unspecified atom stereocenters. The van der Waals surface area contributed by atoms with Crippen LogP contribution in [0.3, 0.4) is 0 Å². The van der Waals surface area contributed by atoms with Gasteiger partial charge in [-0.3, -0.25) is 4.79 Å². The Hall–Kier alpha value is -2.56. The monoisotopic (exact) mass is 287 g/mol. The topological polar surface area (TPSA) is 86.6 Å². The van der Waals surface area contributed by atoms with Crippen molar-refractivity contribution >= 4 is 22.6 Å². The maximum atomic E-state index is 12.0. The Labute approximate surface area is 122 Å². The molecule has 110 valence electrons. The maximum absolute atomic E-state index is 12.0. The van der Waals surface area contributed by atoms with Crippen molar-refractivity contribution in [2.75, 3.05) is 6.54 Å². The van der Waals surface area contributed by atoms with Crippen LogP contribution in [-0.4, -0.2) is 28.6 Å².